The van der Waals surface area contributed by atoms with Crippen molar-refractivity contribution in [1.29, 1.82) is 0 Å². The lowest BCUT2D eigenvalue weighted by Gasteiger charge is -2.26. The Balaban J connectivity index is 1.51. The molecule has 2 amide bonds. The van der Waals surface area contributed by atoms with Crippen LogP contribution in [0.15, 0.2) is 35.3 Å². The molecule has 0 atom stereocenters. The van der Waals surface area contributed by atoms with E-state index in [9.17, 15) is 14.4 Å². The maximum atomic E-state index is 13.2. The van der Waals surface area contributed by atoms with Gasteiger partial charge in [-0.2, -0.15) is 0 Å². The number of nitrogens with two attached hydrogens (primary N) is 1. The number of hydrogen-bond donors (Lipinski definition) is 3. The second-order valence-electron chi connectivity index (χ2n) is 8.50. The van der Waals surface area contributed by atoms with Crippen LogP contribution in [-0.2, 0) is 16.1 Å². The van der Waals surface area contributed by atoms with Crippen LogP contribution in [0.1, 0.15) is 17.3 Å². The first kappa shape index (κ1) is 26.8. The summed E-state index contributed by atoms with van der Waals surface area (Å²) in [4.78, 5) is 49.0. The van der Waals surface area contributed by atoms with Crippen LogP contribution in [0.25, 0.3) is 10.9 Å². The Labute approximate surface area is 218 Å². The number of pyridine rings is 1. The number of rotatable bonds is 10. The zero-order valence-electron chi connectivity index (χ0n) is 21.4. The molecule has 0 spiro atoms. The van der Waals surface area contributed by atoms with Crippen molar-refractivity contribution < 1.29 is 23.8 Å². The molecule has 1 fully saturated rings. The molecule has 202 valence electrons. The summed E-state index contributed by atoms with van der Waals surface area (Å²) in [5, 5.41) is 5.77. The number of ether oxygens (including phenoxy) is 3. The quantitative estimate of drug-likeness (QED) is 0.339. The van der Waals surface area contributed by atoms with Crippen molar-refractivity contribution in [2.45, 2.75) is 13.5 Å². The normalized spacial score (nSPS) is 13.7. The van der Waals surface area contributed by atoms with Gasteiger partial charge in [-0.3, -0.25) is 29.2 Å². The van der Waals surface area contributed by atoms with Gasteiger partial charge in [0.25, 0.3) is 17.4 Å². The van der Waals surface area contributed by atoms with Gasteiger partial charge in [0.2, 0.25) is 5.95 Å². The van der Waals surface area contributed by atoms with Gasteiger partial charge in [0, 0.05) is 38.9 Å². The number of nitrogens with one attached hydrogen (secondary N) is 2. The number of carbonyl (C=O) groups excluding carboxylic acids is 2. The maximum Gasteiger partial charge on any atom is 0.262 e. The summed E-state index contributed by atoms with van der Waals surface area (Å²) in [5.41, 5.74) is 5.67. The standard InChI is InChI=1S/C25H31N7O6/c1-3-32-24(35)17-5-6-18(38-15-20(33)27-8-9-31-10-12-37-13-11-31)22(36-2)21(17)29-25(32)30-23(34)16-4-7-19(26)28-14-16/h4-7,14H,3,8-13,15H2,1-2H3,(H2,26,28)(H,27,33)(H,29,30,34). The van der Waals surface area contributed by atoms with Crippen LogP contribution >= 0.6 is 0 Å². The predicted molar refractivity (Wildman–Crippen MR) is 141 cm³/mol. The Morgan fingerprint density at radius 2 is 1.97 bits per heavy atom. The van der Waals surface area contributed by atoms with E-state index in [4.69, 9.17) is 19.9 Å². The molecule has 0 aliphatic carbocycles. The van der Waals surface area contributed by atoms with Crippen molar-refractivity contribution in [1.82, 2.24) is 24.8 Å². The Hall–Kier alpha value is -4.23. The smallest absolute Gasteiger partial charge is 0.262 e. The van der Waals surface area contributed by atoms with Crippen LogP contribution in [0.5, 0.6) is 11.5 Å². The molecule has 0 unspecified atom stereocenters. The number of fused-ring (bicyclic) bond motifs is 1. The molecule has 1 aromatic carbocycles. The number of nitrogen functional groups attached to an aromatic ring is 1. The lowest BCUT2D eigenvalue weighted by Crippen LogP contribution is -2.42. The minimum absolute atomic E-state index is 0.0307. The molecule has 0 saturated carbocycles. The van der Waals surface area contributed by atoms with Crippen LogP contribution in [0, 0.1) is 0 Å². The molecule has 3 aromatic rings. The maximum absolute atomic E-state index is 13.2. The molecule has 13 nitrogen and oxygen atoms in total. The van der Waals surface area contributed by atoms with Crippen molar-refractivity contribution in [2.24, 2.45) is 0 Å². The van der Waals surface area contributed by atoms with Gasteiger partial charge >= 0.3 is 0 Å². The van der Waals surface area contributed by atoms with E-state index in [0.717, 1.165) is 19.6 Å². The third kappa shape index (κ3) is 6.18. The number of benzene rings is 1. The highest BCUT2D eigenvalue weighted by atomic mass is 16.5. The van der Waals surface area contributed by atoms with Crippen LogP contribution in [0.4, 0.5) is 11.8 Å². The van der Waals surface area contributed by atoms with E-state index < -0.39 is 5.91 Å². The zero-order chi connectivity index (χ0) is 27.1. The highest BCUT2D eigenvalue weighted by molar-refractivity contribution is 6.03. The summed E-state index contributed by atoms with van der Waals surface area (Å²) in [6, 6.07) is 6.14. The highest BCUT2D eigenvalue weighted by Crippen LogP contribution is 2.34. The van der Waals surface area contributed by atoms with Crippen molar-refractivity contribution >= 4 is 34.5 Å². The van der Waals surface area contributed by atoms with Crippen LogP contribution < -0.4 is 31.4 Å². The molecular weight excluding hydrogens is 494 g/mol. The average molecular weight is 526 g/mol. The molecule has 1 saturated heterocycles. The number of amides is 2. The fraction of sp³-hybridized carbons (Fsp3) is 0.400. The highest BCUT2D eigenvalue weighted by Gasteiger charge is 2.20. The summed E-state index contributed by atoms with van der Waals surface area (Å²) in [7, 11) is 1.41. The number of aromatic nitrogens is 3. The second kappa shape index (κ2) is 12.3. The summed E-state index contributed by atoms with van der Waals surface area (Å²) < 4.78 is 17.9. The topological polar surface area (TPSA) is 163 Å². The van der Waals surface area contributed by atoms with Gasteiger partial charge in [0.15, 0.2) is 18.1 Å². The van der Waals surface area contributed by atoms with Crippen LogP contribution in [0.3, 0.4) is 0 Å². The molecule has 0 bridgehead atoms. The van der Waals surface area contributed by atoms with E-state index in [1.54, 1.807) is 19.1 Å². The molecule has 4 N–H and O–H groups in total. The average Bonchev–Trinajstić information content (AvgIpc) is 2.92. The van der Waals surface area contributed by atoms with Gasteiger partial charge in [0.05, 0.1) is 31.3 Å². The number of methoxy groups -OCH3 is 1. The fourth-order valence-electron chi connectivity index (χ4n) is 4.03. The van der Waals surface area contributed by atoms with E-state index in [1.165, 1.54) is 30.0 Å². The number of anilines is 2. The lowest BCUT2D eigenvalue weighted by atomic mass is 10.2. The number of hydrogen-bond acceptors (Lipinski definition) is 10. The molecule has 1 aliphatic rings. The van der Waals surface area contributed by atoms with Gasteiger partial charge in [-0.1, -0.05) is 0 Å². The largest absolute Gasteiger partial charge is 0.491 e. The molecule has 13 heteroatoms. The zero-order valence-corrected chi connectivity index (χ0v) is 21.4. The molecule has 1 aliphatic heterocycles. The van der Waals surface area contributed by atoms with Crippen molar-refractivity contribution in [3.05, 3.63) is 46.4 Å². The van der Waals surface area contributed by atoms with Crippen molar-refractivity contribution in [3.8, 4) is 11.5 Å². The molecule has 3 heterocycles. The molecule has 2 aromatic heterocycles. The third-order valence-corrected chi connectivity index (χ3v) is 6.05. The molecule has 0 radical (unpaired) electrons. The van der Waals surface area contributed by atoms with Gasteiger partial charge in [-0.15, -0.1) is 0 Å². The Kier molecular flexibility index (Phi) is 8.71. The van der Waals surface area contributed by atoms with E-state index >= 15 is 0 Å². The minimum Gasteiger partial charge on any atom is -0.491 e. The third-order valence-electron chi connectivity index (χ3n) is 6.05. The van der Waals surface area contributed by atoms with E-state index in [1.807, 2.05) is 0 Å². The van der Waals surface area contributed by atoms with Gasteiger partial charge in [-0.25, -0.2) is 9.97 Å². The Morgan fingerprint density at radius 3 is 2.66 bits per heavy atom. The van der Waals surface area contributed by atoms with Crippen LogP contribution in [-0.4, -0.2) is 84.4 Å². The Bertz CT molecular complexity index is 1350. The number of nitrogens with zero attached hydrogens (tertiary/aromatic N) is 4. The van der Waals surface area contributed by atoms with E-state index in [-0.39, 0.29) is 64.3 Å². The monoisotopic (exact) mass is 525 g/mol. The van der Waals surface area contributed by atoms with Gasteiger partial charge < -0.3 is 25.3 Å². The minimum atomic E-state index is -0.508. The summed E-state index contributed by atoms with van der Waals surface area (Å²) >= 11 is 0. The number of morpholine rings is 1. The first-order valence-corrected chi connectivity index (χ1v) is 12.2. The van der Waals surface area contributed by atoms with Crippen molar-refractivity contribution in [2.75, 3.05) is 64.2 Å². The molecule has 38 heavy (non-hydrogen) atoms. The molecule has 4 rings (SSSR count). The first-order chi connectivity index (χ1) is 18.4. The Morgan fingerprint density at radius 1 is 1.18 bits per heavy atom. The summed E-state index contributed by atoms with van der Waals surface area (Å²) in [5.74, 6) is -0.0777. The van der Waals surface area contributed by atoms with Gasteiger partial charge in [-0.05, 0) is 31.2 Å². The summed E-state index contributed by atoms with van der Waals surface area (Å²) in [6.45, 7) is 6.07. The first-order valence-electron chi connectivity index (χ1n) is 12.2. The van der Waals surface area contributed by atoms with Crippen molar-refractivity contribution in [3.63, 3.8) is 0 Å². The van der Waals surface area contributed by atoms with E-state index in [2.05, 4.69) is 25.5 Å². The number of carbonyl (C=O) groups is 2. The SMILES string of the molecule is CCn1c(NC(=O)c2ccc(N)nc2)nc2c(OC)c(OCC(=O)NCCN3CCOCC3)ccc2c1=O. The molecular formula is C25H31N7O6. The van der Waals surface area contributed by atoms with Crippen LogP contribution in [0.2, 0.25) is 0 Å². The summed E-state index contributed by atoms with van der Waals surface area (Å²) in [6.07, 6.45) is 1.33. The van der Waals surface area contributed by atoms with E-state index in [0.29, 0.717) is 19.8 Å². The second-order valence-corrected chi connectivity index (χ2v) is 8.50. The fourth-order valence-corrected chi connectivity index (χ4v) is 4.03. The van der Waals surface area contributed by atoms with Gasteiger partial charge in [0.1, 0.15) is 11.3 Å². The predicted octanol–water partition coefficient (Wildman–Crippen LogP) is 0.482. The lowest BCUT2D eigenvalue weighted by molar-refractivity contribution is -0.123.